The normalized spacial score (nSPS) is 23.1. The third-order valence-corrected chi connectivity index (χ3v) is 5.22. The predicted octanol–water partition coefficient (Wildman–Crippen LogP) is 4.43. The van der Waals surface area contributed by atoms with Gasteiger partial charge >= 0.3 is 0 Å². The summed E-state index contributed by atoms with van der Waals surface area (Å²) in [6.07, 6.45) is 2.48. The summed E-state index contributed by atoms with van der Waals surface area (Å²) in [5.74, 6) is 1.64. The van der Waals surface area contributed by atoms with E-state index in [1.54, 1.807) is 0 Å². The van der Waals surface area contributed by atoms with Gasteiger partial charge in [0.15, 0.2) is 0 Å². The first-order valence-corrected chi connectivity index (χ1v) is 8.65. The van der Waals surface area contributed by atoms with Crippen molar-refractivity contribution in [2.45, 2.75) is 40.2 Å². The average Bonchev–Trinajstić information content (AvgIpc) is 2.44. The van der Waals surface area contributed by atoms with Gasteiger partial charge in [-0.3, -0.25) is 0 Å². The highest BCUT2D eigenvalue weighted by Gasteiger charge is 2.22. The Bertz CT molecular complexity index is 433. The Morgan fingerprint density at radius 1 is 1.30 bits per heavy atom. The Labute approximate surface area is 132 Å². The van der Waals surface area contributed by atoms with Crippen molar-refractivity contribution in [2.75, 3.05) is 24.5 Å². The standard InChI is InChI=1S/C17H27BrN2/c1-4-8-19-11-15-5-6-16(10-17(15)18)20-9-7-13(2)14(3)12-20/h5-6,10,13-14,19H,4,7-9,11-12H2,1-3H3. The van der Waals surface area contributed by atoms with Crippen LogP contribution < -0.4 is 10.2 Å². The van der Waals surface area contributed by atoms with Gasteiger partial charge in [0.2, 0.25) is 0 Å². The molecule has 1 saturated heterocycles. The lowest BCUT2D eigenvalue weighted by atomic mass is 9.88. The van der Waals surface area contributed by atoms with Crippen LogP contribution in [0.4, 0.5) is 5.69 Å². The van der Waals surface area contributed by atoms with E-state index >= 15 is 0 Å². The van der Waals surface area contributed by atoms with Gasteiger partial charge in [-0.25, -0.2) is 0 Å². The van der Waals surface area contributed by atoms with Gasteiger partial charge in [-0.1, -0.05) is 42.8 Å². The molecule has 1 aliphatic heterocycles. The first-order valence-electron chi connectivity index (χ1n) is 7.86. The lowest BCUT2D eigenvalue weighted by Gasteiger charge is -2.37. The molecular weight excluding hydrogens is 312 g/mol. The van der Waals surface area contributed by atoms with E-state index in [0.717, 1.165) is 24.9 Å². The van der Waals surface area contributed by atoms with Gasteiger partial charge in [0.05, 0.1) is 0 Å². The number of halogens is 1. The van der Waals surface area contributed by atoms with Crippen LogP contribution in [0.3, 0.4) is 0 Å². The van der Waals surface area contributed by atoms with Gasteiger partial charge in [-0.2, -0.15) is 0 Å². The maximum absolute atomic E-state index is 3.73. The van der Waals surface area contributed by atoms with E-state index < -0.39 is 0 Å². The molecule has 112 valence electrons. The Morgan fingerprint density at radius 2 is 2.10 bits per heavy atom. The number of benzene rings is 1. The van der Waals surface area contributed by atoms with E-state index in [-0.39, 0.29) is 0 Å². The molecule has 0 saturated carbocycles. The maximum atomic E-state index is 3.73. The van der Waals surface area contributed by atoms with Crippen molar-refractivity contribution in [3.8, 4) is 0 Å². The fourth-order valence-electron chi connectivity index (χ4n) is 2.77. The third-order valence-electron chi connectivity index (χ3n) is 4.48. The number of nitrogens with zero attached hydrogens (tertiary/aromatic N) is 1. The molecule has 1 aromatic carbocycles. The molecule has 0 aliphatic carbocycles. The Balaban J connectivity index is 2.01. The summed E-state index contributed by atoms with van der Waals surface area (Å²) in [4.78, 5) is 2.53. The van der Waals surface area contributed by atoms with Crippen LogP contribution in [0.2, 0.25) is 0 Å². The van der Waals surface area contributed by atoms with E-state index in [1.807, 2.05) is 0 Å². The van der Waals surface area contributed by atoms with E-state index in [9.17, 15) is 0 Å². The number of rotatable bonds is 5. The molecule has 2 unspecified atom stereocenters. The van der Waals surface area contributed by atoms with E-state index in [0.29, 0.717) is 0 Å². The van der Waals surface area contributed by atoms with Crippen LogP contribution in [-0.4, -0.2) is 19.6 Å². The molecule has 1 aromatic rings. The first kappa shape index (κ1) is 15.8. The Hall–Kier alpha value is -0.540. The average molecular weight is 339 g/mol. The van der Waals surface area contributed by atoms with Crippen LogP contribution in [0.15, 0.2) is 22.7 Å². The summed E-state index contributed by atoms with van der Waals surface area (Å²) in [5.41, 5.74) is 2.70. The number of hydrogen-bond donors (Lipinski definition) is 1. The minimum atomic E-state index is 0.786. The van der Waals surface area contributed by atoms with Gasteiger partial charge in [-0.05, 0) is 48.9 Å². The van der Waals surface area contributed by atoms with Gasteiger partial charge in [0.25, 0.3) is 0 Å². The molecular formula is C17H27BrN2. The highest BCUT2D eigenvalue weighted by molar-refractivity contribution is 9.10. The van der Waals surface area contributed by atoms with Crippen LogP contribution in [0.1, 0.15) is 39.2 Å². The van der Waals surface area contributed by atoms with Crippen molar-refractivity contribution in [1.29, 1.82) is 0 Å². The van der Waals surface area contributed by atoms with Gasteiger partial charge in [0, 0.05) is 29.8 Å². The minimum absolute atomic E-state index is 0.786. The Morgan fingerprint density at radius 3 is 2.75 bits per heavy atom. The number of hydrogen-bond acceptors (Lipinski definition) is 2. The first-order chi connectivity index (χ1) is 9.61. The van der Waals surface area contributed by atoms with Crippen LogP contribution in [0, 0.1) is 11.8 Å². The Kier molecular flexibility index (Phi) is 5.91. The zero-order valence-electron chi connectivity index (χ0n) is 13.0. The zero-order valence-corrected chi connectivity index (χ0v) is 14.5. The summed E-state index contributed by atoms with van der Waals surface area (Å²) in [6, 6.07) is 6.81. The number of anilines is 1. The van der Waals surface area contributed by atoms with Crippen molar-refractivity contribution in [1.82, 2.24) is 5.32 Å². The fraction of sp³-hybridized carbons (Fsp3) is 0.647. The quantitative estimate of drug-likeness (QED) is 0.799. The van der Waals surface area contributed by atoms with Crippen LogP contribution in [-0.2, 0) is 6.54 Å². The second-order valence-electron chi connectivity index (χ2n) is 6.14. The summed E-state index contributed by atoms with van der Waals surface area (Å²) in [5, 5.41) is 3.46. The molecule has 0 amide bonds. The predicted molar refractivity (Wildman–Crippen MR) is 91.3 cm³/mol. The minimum Gasteiger partial charge on any atom is -0.371 e. The molecule has 1 N–H and O–H groups in total. The van der Waals surface area contributed by atoms with Gasteiger partial charge < -0.3 is 10.2 Å². The molecule has 2 rings (SSSR count). The lowest BCUT2D eigenvalue weighted by molar-refractivity contribution is 0.324. The molecule has 1 fully saturated rings. The fourth-order valence-corrected chi connectivity index (χ4v) is 3.28. The summed E-state index contributed by atoms with van der Waals surface area (Å²) >= 11 is 3.73. The van der Waals surface area contributed by atoms with E-state index in [4.69, 9.17) is 0 Å². The van der Waals surface area contributed by atoms with Crippen LogP contribution >= 0.6 is 15.9 Å². The van der Waals surface area contributed by atoms with Crippen LogP contribution in [0.25, 0.3) is 0 Å². The van der Waals surface area contributed by atoms with Crippen LogP contribution in [0.5, 0.6) is 0 Å². The molecule has 2 nitrogen and oxygen atoms in total. The van der Waals surface area contributed by atoms with Crippen molar-refractivity contribution in [3.05, 3.63) is 28.2 Å². The SMILES string of the molecule is CCCNCc1ccc(N2CCC(C)C(C)C2)cc1Br. The van der Waals surface area contributed by atoms with E-state index in [2.05, 4.69) is 65.1 Å². The monoisotopic (exact) mass is 338 g/mol. The molecule has 0 radical (unpaired) electrons. The summed E-state index contributed by atoms with van der Waals surface area (Å²) in [6.45, 7) is 11.3. The van der Waals surface area contributed by atoms with Gasteiger partial charge in [-0.15, -0.1) is 0 Å². The third kappa shape index (κ3) is 3.98. The molecule has 1 aliphatic rings. The molecule has 2 atom stereocenters. The van der Waals surface area contributed by atoms with Crippen molar-refractivity contribution >= 4 is 21.6 Å². The molecule has 3 heteroatoms. The van der Waals surface area contributed by atoms with Gasteiger partial charge in [0.1, 0.15) is 0 Å². The number of nitrogens with one attached hydrogen (secondary N) is 1. The summed E-state index contributed by atoms with van der Waals surface area (Å²) in [7, 11) is 0. The van der Waals surface area contributed by atoms with Crippen molar-refractivity contribution < 1.29 is 0 Å². The zero-order chi connectivity index (χ0) is 14.5. The molecule has 0 bridgehead atoms. The second-order valence-corrected chi connectivity index (χ2v) is 7.00. The van der Waals surface area contributed by atoms with Crippen molar-refractivity contribution in [2.24, 2.45) is 11.8 Å². The highest BCUT2D eigenvalue weighted by atomic mass is 79.9. The second kappa shape index (κ2) is 7.46. The number of piperidine rings is 1. The maximum Gasteiger partial charge on any atom is 0.0377 e. The molecule has 20 heavy (non-hydrogen) atoms. The molecule has 0 aromatic heterocycles. The van der Waals surface area contributed by atoms with Crippen molar-refractivity contribution in [3.63, 3.8) is 0 Å². The molecule has 1 heterocycles. The molecule has 0 spiro atoms. The topological polar surface area (TPSA) is 15.3 Å². The lowest BCUT2D eigenvalue weighted by Crippen LogP contribution is -2.38. The smallest absolute Gasteiger partial charge is 0.0377 e. The van der Waals surface area contributed by atoms with E-state index in [1.165, 1.54) is 41.7 Å². The largest absolute Gasteiger partial charge is 0.371 e. The summed E-state index contributed by atoms with van der Waals surface area (Å²) < 4.78 is 1.23. The highest BCUT2D eigenvalue weighted by Crippen LogP contribution is 2.30.